The molecule has 4 N–H and O–H groups in total. The van der Waals surface area contributed by atoms with Gasteiger partial charge in [0.1, 0.15) is 23.1 Å². The molecule has 2 aromatic carbocycles. The highest BCUT2D eigenvalue weighted by molar-refractivity contribution is 7.83. The zero-order valence-electron chi connectivity index (χ0n) is 15.4. The van der Waals surface area contributed by atoms with Crippen LogP contribution in [0.5, 0.6) is 0 Å². The molecule has 3 aromatic rings. The lowest BCUT2D eigenvalue weighted by Gasteiger charge is -2.22. The molecule has 0 aliphatic heterocycles. The first-order chi connectivity index (χ1) is 14.0. The zero-order chi connectivity index (χ0) is 22.2. The molecule has 0 spiro atoms. The number of aromatic nitrogens is 1. The maximum Gasteiger partial charge on any atom is 0.405 e. The van der Waals surface area contributed by atoms with Crippen LogP contribution in [-0.2, 0) is 17.4 Å². The Kier molecular flexibility index (Phi) is 6.34. The van der Waals surface area contributed by atoms with Gasteiger partial charge in [0.25, 0.3) is 0 Å². The van der Waals surface area contributed by atoms with Crippen molar-refractivity contribution in [1.82, 2.24) is 9.71 Å². The molecule has 11 heteroatoms. The summed E-state index contributed by atoms with van der Waals surface area (Å²) in [5, 5.41) is 9.83. The minimum Gasteiger partial charge on any atom is -0.398 e. The molecule has 3 rings (SSSR count). The van der Waals surface area contributed by atoms with Crippen LogP contribution in [0, 0.1) is 18.3 Å². The van der Waals surface area contributed by atoms with Crippen LogP contribution in [0.2, 0.25) is 10.0 Å². The predicted octanol–water partition coefficient (Wildman–Crippen LogP) is 5.02. The van der Waals surface area contributed by atoms with Crippen molar-refractivity contribution in [2.75, 3.05) is 5.73 Å². The normalized spacial score (nSPS) is 13.9. The molecule has 0 saturated carbocycles. The fraction of sp³-hybridized carbons (Fsp3) is 0.211. The lowest BCUT2D eigenvalue weighted by molar-refractivity contribution is -0.150. The Morgan fingerprint density at radius 3 is 2.60 bits per heavy atom. The van der Waals surface area contributed by atoms with Crippen LogP contribution in [0.1, 0.15) is 16.7 Å². The largest absolute Gasteiger partial charge is 0.405 e. The van der Waals surface area contributed by atoms with E-state index in [9.17, 15) is 22.6 Å². The van der Waals surface area contributed by atoms with E-state index in [2.05, 4.69) is 9.71 Å². The van der Waals surface area contributed by atoms with Gasteiger partial charge in [-0.2, -0.15) is 18.4 Å². The Morgan fingerprint density at radius 1 is 1.30 bits per heavy atom. The zero-order valence-corrected chi connectivity index (χ0v) is 17.7. The first-order valence-electron chi connectivity index (χ1n) is 8.51. The van der Waals surface area contributed by atoms with E-state index in [1.165, 1.54) is 18.3 Å². The fourth-order valence-corrected chi connectivity index (χ4v) is 4.92. The highest BCUT2D eigenvalue weighted by Crippen LogP contribution is 2.32. The van der Waals surface area contributed by atoms with E-state index in [0.29, 0.717) is 22.0 Å². The maximum absolute atomic E-state index is 13.7. The maximum atomic E-state index is 13.7. The molecule has 1 heterocycles. The number of aryl methyl sites for hydroxylation is 1. The van der Waals surface area contributed by atoms with Crippen LogP contribution in [0.15, 0.2) is 35.4 Å². The first-order valence-corrected chi connectivity index (χ1v) is 10.4. The Labute approximate surface area is 182 Å². The van der Waals surface area contributed by atoms with Gasteiger partial charge in [-0.05, 0) is 48.7 Å². The molecule has 0 saturated heterocycles. The van der Waals surface area contributed by atoms with Crippen molar-refractivity contribution in [1.29, 1.82) is 5.26 Å². The third-order valence-electron chi connectivity index (χ3n) is 4.43. The van der Waals surface area contributed by atoms with E-state index in [-0.39, 0.29) is 20.6 Å². The molecule has 0 radical (unpaired) electrons. The number of hydrogen-bond acceptors (Lipinski definition) is 3. The number of H-pyrrole nitrogens is 1. The molecule has 30 heavy (non-hydrogen) atoms. The standard InChI is InChI=1S/C19H15Cl2F3N4OS/c1-9-2-10(7-25)17-13(3-9)11(8-27-17)4-16(19(22,23)24)28-30(29)18-14(21)5-12(20)6-15(18)26/h2-3,5-6,8,16,27-28H,4,26H2,1H3. The number of nitrogens with one attached hydrogen (secondary N) is 2. The number of fused-ring (bicyclic) bond motifs is 1. The van der Waals surface area contributed by atoms with Gasteiger partial charge in [-0.15, -0.1) is 0 Å². The van der Waals surface area contributed by atoms with Gasteiger partial charge < -0.3 is 10.7 Å². The SMILES string of the molecule is Cc1cc(C#N)c2[nH]cc(CC(NS(=O)c3c(N)cc(Cl)cc3Cl)C(F)(F)F)c2c1. The molecule has 0 amide bonds. The van der Waals surface area contributed by atoms with Crippen LogP contribution < -0.4 is 10.5 Å². The summed E-state index contributed by atoms with van der Waals surface area (Å²) in [5.41, 5.74) is 7.51. The van der Waals surface area contributed by atoms with Gasteiger partial charge in [0, 0.05) is 16.6 Å². The van der Waals surface area contributed by atoms with Crippen molar-refractivity contribution < 1.29 is 17.4 Å². The summed E-state index contributed by atoms with van der Waals surface area (Å²) >= 11 is 11.8. The lowest BCUT2D eigenvalue weighted by Crippen LogP contribution is -2.44. The number of nitrogens with two attached hydrogens (primary N) is 1. The second kappa shape index (κ2) is 8.47. The topological polar surface area (TPSA) is 94.7 Å². The lowest BCUT2D eigenvalue weighted by atomic mass is 10.0. The monoisotopic (exact) mass is 474 g/mol. The molecular formula is C19H15Cl2F3N4OS. The van der Waals surface area contributed by atoms with E-state index >= 15 is 0 Å². The second-order valence-electron chi connectivity index (χ2n) is 6.65. The van der Waals surface area contributed by atoms with Gasteiger partial charge in [0.05, 0.1) is 26.7 Å². The van der Waals surface area contributed by atoms with Crippen LogP contribution in [0.3, 0.4) is 0 Å². The predicted molar refractivity (Wildman–Crippen MR) is 112 cm³/mol. The number of halogens is 5. The molecular weight excluding hydrogens is 460 g/mol. The third kappa shape index (κ3) is 4.57. The van der Waals surface area contributed by atoms with Crippen LogP contribution in [0.25, 0.3) is 10.9 Å². The summed E-state index contributed by atoms with van der Waals surface area (Å²) in [5.74, 6) is 0. The Morgan fingerprint density at radius 2 is 2.00 bits per heavy atom. The van der Waals surface area contributed by atoms with E-state index in [0.717, 1.165) is 5.56 Å². The number of hydrogen-bond donors (Lipinski definition) is 3. The molecule has 158 valence electrons. The second-order valence-corrected chi connectivity index (χ2v) is 8.68. The number of nitrogen functional groups attached to an aromatic ring is 1. The van der Waals surface area contributed by atoms with Gasteiger partial charge in [0.2, 0.25) is 0 Å². The van der Waals surface area contributed by atoms with E-state index in [4.69, 9.17) is 28.9 Å². The molecule has 0 aliphatic rings. The third-order valence-corrected chi connectivity index (χ3v) is 6.38. The van der Waals surface area contributed by atoms with E-state index in [1.54, 1.807) is 19.1 Å². The summed E-state index contributed by atoms with van der Waals surface area (Å²) < 4.78 is 55.9. The Balaban J connectivity index is 1.96. The van der Waals surface area contributed by atoms with Gasteiger partial charge in [-0.25, -0.2) is 8.93 Å². The Hall–Kier alpha value is -2.25. The van der Waals surface area contributed by atoms with Crippen LogP contribution >= 0.6 is 23.2 Å². The summed E-state index contributed by atoms with van der Waals surface area (Å²) in [4.78, 5) is 2.68. The van der Waals surface area contributed by atoms with E-state index < -0.39 is 29.6 Å². The summed E-state index contributed by atoms with van der Waals surface area (Å²) in [7, 11) is -2.35. The molecule has 5 nitrogen and oxygen atoms in total. The van der Waals surface area contributed by atoms with Crippen molar-refractivity contribution in [3.8, 4) is 6.07 Å². The van der Waals surface area contributed by atoms with Crippen LogP contribution in [-0.4, -0.2) is 21.4 Å². The first kappa shape index (κ1) is 22.4. The van der Waals surface area contributed by atoms with Gasteiger partial charge >= 0.3 is 6.18 Å². The smallest absolute Gasteiger partial charge is 0.398 e. The average molecular weight is 475 g/mol. The number of rotatable bonds is 5. The van der Waals surface area contributed by atoms with Gasteiger partial charge in [-0.1, -0.05) is 23.2 Å². The molecule has 0 aliphatic carbocycles. The highest BCUT2D eigenvalue weighted by Gasteiger charge is 2.41. The summed E-state index contributed by atoms with van der Waals surface area (Å²) in [6, 6.07) is 5.71. The number of nitrogens with zero attached hydrogens (tertiary/aromatic N) is 1. The molecule has 1 aromatic heterocycles. The molecule has 2 atom stereocenters. The minimum atomic E-state index is -4.71. The van der Waals surface area contributed by atoms with Crippen molar-refractivity contribution in [3.05, 3.63) is 57.2 Å². The number of nitriles is 1. The van der Waals surface area contributed by atoms with Crippen molar-refractivity contribution in [2.45, 2.75) is 30.5 Å². The van der Waals surface area contributed by atoms with Gasteiger partial charge in [0.15, 0.2) is 0 Å². The van der Waals surface area contributed by atoms with E-state index in [1.807, 2.05) is 6.07 Å². The fourth-order valence-electron chi connectivity index (χ4n) is 3.10. The Bertz CT molecular complexity index is 1160. The molecule has 2 unspecified atom stereocenters. The quantitative estimate of drug-likeness (QED) is 0.452. The number of alkyl halides is 3. The van der Waals surface area contributed by atoms with Gasteiger partial charge in [-0.3, -0.25) is 0 Å². The van der Waals surface area contributed by atoms with Crippen LogP contribution in [0.4, 0.5) is 18.9 Å². The summed E-state index contributed by atoms with van der Waals surface area (Å²) in [6.45, 7) is 1.75. The van der Waals surface area contributed by atoms with Crippen molar-refractivity contribution >= 4 is 50.8 Å². The number of benzene rings is 2. The minimum absolute atomic E-state index is 0.0827. The number of aromatic amines is 1. The average Bonchev–Trinajstić information content (AvgIpc) is 3.01. The number of anilines is 1. The van der Waals surface area contributed by atoms with Crippen molar-refractivity contribution in [3.63, 3.8) is 0 Å². The molecule has 0 bridgehead atoms. The highest BCUT2D eigenvalue weighted by atomic mass is 35.5. The molecule has 0 fully saturated rings. The summed E-state index contributed by atoms with van der Waals surface area (Å²) in [6.07, 6.45) is -3.82. The van der Waals surface area contributed by atoms with Crippen molar-refractivity contribution in [2.24, 2.45) is 0 Å².